The molecule has 2 aromatic heterocycles. The summed E-state index contributed by atoms with van der Waals surface area (Å²) in [5, 5.41) is 5.30. The highest BCUT2D eigenvalue weighted by Gasteiger charge is 2.20. The van der Waals surface area contributed by atoms with Gasteiger partial charge in [-0.3, -0.25) is 14.2 Å². The Balaban J connectivity index is 1.73. The maximum absolute atomic E-state index is 13.2. The van der Waals surface area contributed by atoms with E-state index in [1.807, 2.05) is 47.8 Å². The number of halogens is 1. The Labute approximate surface area is 173 Å². The van der Waals surface area contributed by atoms with Crippen LogP contribution in [0.15, 0.2) is 75.6 Å². The fourth-order valence-corrected chi connectivity index (χ4v) is 4.13. The number of fused-ring (bicyclic) bond motifs is 1. The first-order valence-electron chi connectivity index (χ1n) is 8.65. The fraction of sp³-hybridized carbons (Fsp3) is 0.0952. The van der Waals surface area contributed by atoms with Gasteiger partial charge in [-0.15, -0.1) is 11.3 Å². The second-order valence-electron chi connectivity index (χ2n) is 6.32. The molecule has 0 aliphatic carbocycles. The topological polar surface area (TPSA) is 64.0 Å². The molecule has 1 N–H and O–H groups in total. The van der Waals surface area contributed by atoms with E-state index in [9.17, 15) is 9.59 Å². The number of carbonyl (C=O) groups excluding carboxylic acids is 1. The zero-order valence-electron chi connectivity index (χ0n) is 14.9. The summed E-state index contributed by atoms with van der Waals surface area (Å²) >= 11 is 4.85. The number of benzene rings is 2. The zero-order chi connectivity index (χ0) is 19.7. The van der Waals surface area contributed by atoms with Crippen LogP contribution in [-0.2, 0) is 4.79 Å². The van der Waals surface area contributed by atoms with Crippen molar-refractivity contribution in [3.05, 3.63) is 81.1 Å². The van der Waals surface area contributed by atoms with Gasteiger partial charge in [-0.1, -0.05) is 46.3 Å². The molecule has 0 saturated heterocycles. The number of para-hydroxylation sites is 1. The maximum Gasteiger partial charge on any atom is 0.263 e. The summed E-state index contributed by atoms with van der Waals surface area (Å²) in [5.74, 6) is -0.269. The molecule has 0 radical (unpaired) electrons. The van der Waals surface area contributed by atoms with Crippen molar-refractivity contribution >= 4 is 49.1 Å². The lowest BCUT2D eigenvalue weighted by Crippen LogP contribution is -2.31. The molecule has 0 saturated carbocycles. The summed E-state index contributed by atoms with van der Waals surface area (Å²) in [6.45, 7) is 1.69. The van der Waals surface area contributed by atoms with Gasteiger partial charge in [0.05, 0.1) is 11.7 Å². The van der Waals surface area contributed by atoms with Crippen LogP contribution >= 0.6 is 27.3 Å². The minimum Gasteiger partial charge on any atom is -0.324 e. The third kappa shape index (κ3) is 3.50. The fourth-order valence-electron chi connectivity index (χ4n) is 2.96. The SMILES string of the molecule is CC(C(=O)Nc1ccccc1)n1cnc2scc(-c3ccc(Br)cc3)c2c1=O. The summed E-state index contributed by atoms with van der Waals surface area (Å²) < 4.78 is 2.35. The number of aromatic nitrogens is 2. The van der Waals surface area contributed by atoms with Crippen LogP contribution in [0.3, 0.4) is 0 Å². The highest BCUT2D eigenvalue weighted by molar-refractivity contribution is 9.10. The molecule has 140 valence electrons. The summed E-state index contributed by atoms with van der Waals surface area (Å²) in [5.41, 5.74) is 2.23. The quantitative estimate of drug-likeness (QED) is 0.468. The second-order valence-corrected chi connectivity index (χ2v) is 8.10. The average molecular weight is 454 g/mol. The lowest BCUT2D eigenvalue weighted by molar-refractivity contribution is -0.118. The Hall–Kier alpha value is -2.77. The number of amides is 1. The predicted octanol–water partition coefficient (Wildman–Crippen LogP) is 5.09. The van der Waals surface area contributed by atoms with E-state index in [-0.39, 0.29) is 11.5 Å². The summed E-state index contributed by atoms with van der Waals surface area (Å²) in [4.78, 5) is 30.9. The maximum atomic E-state index is 13.2. The molecule has 5 nitrogen and oxygen atoms in total. The predicted molar refractivity (Wildman–Crippen MR) is 117 cm³/mol. The molecule has 2 heterocycles. The number of thiophene rings is 1. The van der Waals surface area contributed by atoms with Crippen molar-refractivity contribution in [2.45, 2.75) is 13.0 Å². The third-order valence-corrected chi connectivity index (χ3v) is 5.93. The van der Waals surface area contributed by atoms with Gasteiger partial charge >= 0.3 is 0 Å². The van der Waals surface area contributed by atoms with Gasteiger partial charge in [0, 0.05) is 21.1 Å². The van der Waals surface area contributed by atoms with Crippen molar-refractivity contribution in [2.24, 2.45) is 0 Å². The first kappa shape index (κ1) is 18.6. The molecule has 1 atom stereocenters. The number of nitrogens with zero attached hydrogens (tertiary/aromatic N) is 2. The number of carbonyl (C=O) groups is 1. The van der Waals surface area contributed by atoms with Gasteiger partial charge in [0.15, 0.2) is 0 Å². The minimum atomic E-state index is -0.692. The summed E-state index contributed by atoms with van der Waals surface area (Å²) in [6.07, 6.45) is 1.45. The van der Waals surface area contributed by atoms with E-state index in [1.54, 1.807) is 19.1 Å². The van der Waals surface area contributed by atoms with Gasteiger partial charge in [0.2, 0.25) is 5.91 Å². The van der Waals surface area contributed by atoms with Crippen molar-refractivity contribution < 1.29 is 4.79 Å². The van der Waals surface area contributed by atoms with Crippen LogP contribution in [0.1, 0.15) is 13.0 Å². The van der Waals surface area contributed by atoms with Gasteiger partial charge < -0.3 is 5.32 Å². The molecule has 28 heavy (non-hydrogen) atoms. The molecule has 4 aromatic rings. The molecule has 0 spiro atoms. The molecular weight excluding hydrogens is 438 g/mol. The van der Waals surface area contributed by atoms with E-state index >= 15 is 0 Å². The number of nitrogens with one attached hydrogen (secondary N) is 1. The van der Waals surface area contributed by atoms with E-state index in [4.69, 9.17) is 0 Å². The Morgan fingerprint density at radius 1 is 1.14 bits per heavy atom. The van der Waals surface area contributed by atoms with Crippen LogP contribution in [0.25, 0.3) is 21.3 Å². The lowest BCUT2D eigenvalue weighted by atomic mass is 10.1. The second kappa shape index (κ2) is 7.69. The van der Waals surface area contributed by atoms with Gasteiger partial charge in [0.1, 0.15) is 10.9 Å². The van der Waals surface area contributed by atoms with Crippen molar-refractivity contribution in [1.82, 2.24) is 9.55 Å². The van der Waals surface area contributed by atoms with Gasteiger partial charge in [-0.25, -0.2) is 4.98 Å². The number of hydrogen-bond acceptors (Lipinski definition) is 4. The molecular formula is C21H16BrN3O2S. The molecule has 4 rings (SSSR count). The molecule has 0 fully saturated rings. The van der Waals surface area contributed by atoms with Crippen LogP contribution in [-0.4, -0.2) is 15.5 Å². The Morgan fingerprint density at radius 3 is 2.57 bits per heavy atom. The van der Waals surface area contributed by atoms with Crippen LogP contribution < -0.4 is 10.9 Å². The molecule has 2 aromatic carbocycles. The Morgan fingerprint density at radius 2 is 1.86 bits per heavy atom. The van der Waals surface area contributed by atoms with Crippen LogP contribution in [0.4, 0.5) is 5.69 Å². The van der Waals surface area contributed by atoms with Crippen molar-refractivity contribution in [3.63, 3.8) is 0 Å². The highest BCUT2D eigenvalue weighted by Crippen LogP contribution is 2.31. The largest absolute Gasteiger partial charge is 0.324 e. The Bertz CT molecular complexity index is 1200. The standard InChI is InChI=1S/C21H16BrN3O2S/c1-13(19(26)24-16-5-3-2-4-6-16)25-12-23-20-18(21(25)27)17(11-28-20)14-7-9-15(22)10-8-14/h2-13H,1H3,(H,24,26). The number of rotatable bonds is 4. The van der Waals surface area contributed by atoms with Crippen molar-refractivity contribution in [2.75, 3.05) is 5.32 Å². The summed E-state index contributed by atoms with van der Waals surface area (Å²) in [7, 11) is 0. The van der Waals surface area contributed by atoms with Gasteiger partial charge in [-0.2, -0.15) is 0 Å². The van der Waals surface area contributed by atoms with Crippen molar-refractivity contribution in [3.8, 4) is 11.1 Å². The van der Waals surface area contributed by atoms with E-state index in [0.29, 0.717) is 15.9 Å². The Kier molecular flexibility index (Phi) is 5.11. The molecule has 7 heteroatoms. The van der Waals surface area contributed by atoms with Crippen LogP contribution in [0.5, 0.6) is 0 Å². The van der Waals surface area contributed by atoms with E-state index in [2.05, 4.69) is 26.2 Å². The van der Waals surface area contributed by atoms with Gasteiger partial charge in [0.25, 0.3) is 5.56 Å². The van der Waals surface area contributed by atoms with E-state index in [0.717, 1.165) is 15.6 Å². The minimum absolute atomic E-state index is 0.222. The van der Waals surface area contributed by atoms with Crippen LogP contribution in [0, 0.1) is 0 Å². The van der Waals surface area contributed by atoms with Crippen molar-refractivity contribution in [1.29, 1.82) is 0 Å². The number of anilines is 1. The van der Waals surface area contributed by atoms with Gasteiger partial charge in [-0.05, 0) is 36.8 Å². The average Bonchev–Trinajstić information content (AvgIpc) is 3.14. The molecule has 0 aliphatic heterocycles. The molecule has 1 amide bonds. The summed E-state index contributed by atoms with van der Waals surface area (Å²) in [6, 6.07) is 16.3. The number of hydrogen-bond donors (Lipinski definition) is 1. The smallest absolute Gasteiger partial charge is 0.263 e. The van der Waals surface area contributed by atoms with E-state index < -0.39 is 6.04 Å². The zero-order valence-corrected chi connectivity index (χ0v) is 17.3. The monoisotopic (exact) mass is 453 g/mol. The van der Waals surface area contributed by atoms with E-state index in [1.165, 1.54) is 22.2 Å². The molecule has 0 aliphatic rings. The highest BCUT2D eigenvalue weighted by atomic mass is 79.9. The first-order chi connectivity index (χ1) is 13.5. The lowest BCUT2D eigenvalue weighted by Gasteiger charge is -2.15. The molecule has 0 bridgehead atoms. The molecule has 1 unspecified atom stereocenters. The first-order valence-corrected chi connectivity index (χ1v) is 10.3. The third-order valence-electron chi connectivity index (χ3n) is 4.51. The van der Waals surface area contributed by atoms with Crippen LogP contribution in [0.2, 0.25) is 0 Å². The normalized spacial score (nSPS) is 12.1.